The van der Waals surface area contributed by atoms with Crippen molar-refractivity contribution in [2.24, 2.45) is 5.92 Å². The molecule has 1 aliphatic heterocycles. The van der Waals surface area contributed by atoms with E-state index in [1.54, 1.807) is 14.0 Å². The third kappa shape index (κ3) is 4.71. The summed E-state index contributed by atoms with van der Waals surface area (Å²) < 4.78 is 36.6. The van der Waals surface area contributed by atoms with Crippen LogP contribution in [0.3, 0.4) is 0 Å². The molecule has 1 aliphatic rings. The molecular formula is C10H20ClNO4S. The largest absolute Gasteiger partial charge is 0.378 e. The molecule has 2 unspecified atom stereocenters. The number of hydrogen-bond donors (Lipinski definition) is 1. The highest BCUT2D eigenvalue weighted by Gasteiger charge is 2.36. The van der Waals surface area contributed by atoms with E-state index in [-0.39, 0.29) is 18.2 Å². The second-order valence-corrected chi connectivity index (χ2v) is 6.71. The lowest BCUT2D eigenvalue weighted by Gasteiger charge is -2.26. The van der Waals surface area contributed by atoms with Crippen LogP contribution in [0, 0.1) is 5.92 Å². The fraction of sp³-hybridized carbons (Fsp3) is 1.00. The average molecular weight is 286 g/mol. The maximum atomic E-state index is 11.7. The van der Waals surface area contributed by atoms with E-state index in [1.807, 2.05) is 0 Å². The van der Waals surface area contributed by atoms with E-state index in [4.69, 9.17) is 21.1 Å². The van der Waals surface area contributed by atoms with Gasteiger partial charge in [0.15, 0.2) is 0 Å². The summed E-state index contributed by atoms with van der Waals surface area (Å²) in [5.41, 5.74) is -0.517. The van der Waals surface area contributed by atoms with Gasteiger partial charge in [-0.15, -0.1) is 11.6 Å². The molecule has 0 amide bonds. The fourth-order valence-corrected chi connectivity index (χ4v) is 3.39. The maximum Gasteiger partial charge on any atom is 0.211 e. The van der Waals surface area contributed by atoms with Crippen LogP contribution in [0.15, 0.2) is 0 Å². The van der Waals surface area contributed by atoms with E-state index < -0.39 is 15.6 Å². The Morgan fingerprint density at radius 2 is 2.29 bits per heavy atom. The second kappa shape index (κ2) is 6.33. The Balaban J connectivity index is 2.48. The Bertz CT molecular complexity index is 327. The highest BCUT2D eigenvalue weighted by atomic mass is 35.5. The molecule has 1 saturated heterocycles. The van der Waals surface area contributed by atoms with E-state index in [9.17, 15) is 8.42 Å². The van der Waals surface area contributed by atoms with Crippen LogP contribution in [0.4, 0.5) is 0 Å². The third-order valence-corrected chi connectivity index (χ3v) is 5.00. The zero-order valence-electron chi connectivity index (χ0n) is 10.2. The lowest BCUT2D eigenvalue weighted by atomic mass is 10.0. The molecule has 0 spiro atoms. The first kappa shape index (κ1) is 15.2. The van der Waals surface area contributed by atoms with Gasteiger partial charge < -0.3 is 9.47 Å². The van der Waals surface area contributed by atoms with Crippen molar-refractivity contribution < 1.29 is 17.9 Å². The number of rotatable bonds is 7. The Morgan fingerprint density at radius 3 is 2.76 bits per heavy atom. The molecule has 0 aromatic rings. The molecule has 0 saturated carbocycles. The summed E-state index contributed by atoms with van der Waals surface area (Å²) in [5.74, 6) is 0.309. The summed E-state index contributed by atoms with van der Waals surface area (Å²) in [4.78, 5) is 0. The highest BCUT2D eigenvalue weighted by molar-refractivity contribution is 7.89. The summed E-state index contributed by atoms with van der Waals surface area (Å²) in [6.07, 6.45) is 0.705. The van der Waals surface area contributed by atoms with Crippen LogP contribution in [0.1, 0.15) is 13.3 Å². The summed E-state index contributed by atoms with van der Waals surface area (Å²) >= 11 is 5.60. The molecule has 5 nitrogen and oxygen atoms in total. The zero-order valence-corrected chi connectivity index (χ0v) is 11.8. The predicted molar refractivity (Wildman–Crippen MR) is 66.8 cm³/mol. The van der Waals surface area contributed by atoms with Crippen molar-refractivity contribution in [3.63, 3.8) is 0 Å². The minimum absolute atomic E-state index is 0.0388. The van der Waals surface area contributed by atoms with Crippen molar-refractivity contribution >= 4 is 21.6 Å². The van der Waals surface area contributed by atoms with Gasteiger partial charge in [0.1, 0.15) is 5.60 Å². The molecule has 1 rings (SSSR count). The fourth-order valence-electron chi connectivity index (χ4n) is 1.68. The van der Waals surface area contributed by atoms with Crippen LogP contribution in [0.2, 0.25) is 0 Å². The van der Waals surface area contributed by atoms with E-state index >= 15 is 0 Å². The zero-order chi connectivity index (χ0) is 12.9. The highest BCUT2D eigenvalue weighted by Crippen LogP contribution is 2.21. The monoisotopic (exact) mass is 285 g/mol. The van der Waals surface area contributed by atoms with Gasteiger partial charge in [-0.05, 0) is 5.92 Å². The van der Waals surface area contributed by atoms with Crippen molar-refractivity contribution in [2.45, 2.75) is 18.9 Å². The number of nitrogens with one attached hydrogen (secondary N) is 1. The Hall–Kier alpha value is 0.120. The molecule has 1 N–H and O–H groups in total. The van der Waals surface area contributed by atoms with Gasteiger partial charge in [0, 0.05) is 32.6 Å². The van der Waals surface area contributed by atoms with Crippen LogP contribution in [-0.4, -0.2) is 52.5 Å². The van der Waals surface area contributed by atoms with E-state index in [0.29, 0.717) is 25.5 Å². The summed E-state index contributed by atoms with van der Waals surface area (Å²) in [5, 5.41) is 0. The van der Waals surface area contributed by atoms with Gasteiger partial charge in [0.2, 0.25) is 10.0 Å². The minimum Gasteiger partial charge on any atom is -0.378 e. The summed E-state index contributed by atoms with van der Waals surface area (Å²) in [7, 11) is -1.72. The predicted octanol–water partition coefficient (Wildman–Crippen LogP) is 0.586. The maximum absolute atomic E-state index is 11.7. The Morgan fingerprint density at radius 1 is 1.59 bits per heavy atom. The van der Waals surface area contributed by atoms with Crippen molar-refractivity contribution in [2.75, 3.05) is 38.5 Å². The van der Waals surface area contributed by atoms with Crippen molar-refractivity contribution in [1.29, 1.82) is 0 Å². The molecule has 7 heteroatoms. The molecule has 0 aliphatic carbocycles. The standard InChI is InChI=1S/C10H20ClNO4S/c1-9(5-11)6-17(13,14)12-7-10(15-2)3-4-16-8-10/h9,12H,3-8H2,1-2H3. The molecule has 0 bridgehead atoms. The van der Waals surface area contributed by atoms with E-state index in [2.05, 4.69) is 4.72 Å². The first-order valence-corrected chi connectivity index (χ1v) is 7.78. The van der Waals surface area contributed by atoms with Gasteiger partial charge in [-0.3, -0.25) is 0 Å². The first-order valence-electron chi connectivity index (χ1n) is 5.59. The molecule has 0 aromatic carbocycles. The van der Waals surface area contributed by atoms with Crippen LogP contribution in [0.25, 0.3) is 0 Å². The Labute approximate surface area is 108 Å². The number of hydrogen-bond acceptors (Lipinski definition) is 4. The van der Waals surface area contributed by atoms with Crippen molar-refractivity contribution in [3.8, 4) is 0 Å². The molecular weight excluding hydrogens is 266 g/mol. The van der Waals surface area contributed by atoms with E-state index in [1.165, 1.54) is 0 Å². The van der Waals surface area contributed by atoms with E-state index in [0.717, 1.165) is 0 Å². The number of alkyl halides is 1. The van der Waals surface area contributed by atoms with Crippen LogP contribution in [-0.2, 0) is 19.5 Å². The minimum atomic E-state index is -3.30. The van der Waals surface area contributed by atoms with Crippen LogP contribution < -0.4 is 4.72 Å². The van der Waals surface area contributed by atoms with Crippen molar-refractivity contribution in [1.82, 2.24) is 4.72 Å². The molecule has 102 valence electrons. The quantitative estimate of drug-likeness (QED) is 0.695. The second-order valence-electron chi connectivity index (χ2n) is 4.55. The third-order valence-electron chi connectivity index (χ3n) is 2.88. The average Bonchev–Trinajstić information content (AvgIpc) is 2.75. The molecule has 0 aromatic heterocycles. The van der Waals surface area contributed by atoms with Crippen LogP contribution >= 0.6 is 11.6 Å². The summed E-state index contributed by atoms with van der Waals surface area (Å²) in [6, 6.07) is 0. The Kier molecular flexibility index (Phi) is 5.66. The lowest BCUT2D eigenvalue weighted by molar-refractivity contribution is -0.0120. The van der Waals surface area contributed by atoms with Gasteiger partial charge in [0.05, 0.1) is 12.4 Å². The van der Waals surface area contributed by atoms with Gasteiger partial charge in [-0.2, -0.15) is 0 Å². The number of ether oxygens (including phenoxy) is 2. The van der Waals surface area contributed by atoms with Gasteiger partial charge in [-0.25, -0.2) is 13.1 Å². The van der Waals surface area contributed by atoms with Crippen molar-refractivity contribution in [3.05, 3.63) is 0 Å². The summed E-state index contributed by atoms with van der Waals surface area (Å²) in [6.45, 7) is 3.09. The molecule has 0 radical (unpaired) electrons. The topological polar surface area (TPSA) is 64.6 Å². The normalized spacial score (nSPS) is 27.2. The lowest BCUT2D eigenvalue weighted by Crippen LogP contribution is -2.46. The van der Waals surface area contributed by atoms with Gasteiger partial charge in [0.25, 0.3) is 0 Å². The van der Waals surface area contributed by atoms with Gasteiger partial charge >= 0.3 is 0 Å². The van der Waals surface area contributed by atoms with Crippen LogP contribution in [0.5, 0.6) is 0 Å². The van der Waals surface area contributed by atoms with Gasteiger partial charge in [-0.1, -0.05) is 6.92 Å². The molecule has 1 heterocycles. The smallest absolute Gasteiger partial charge is 0.211 e. The molecule has 2 atom stereocenters. The molecule has 1 fully saturated rings. The SMILES string of the molecule is COC1(CNS(=O)(=O)CC(C)CCl)CCOC1. The number of methoxy groups -OCH3 is 1. The first-order chi connectivity index (χ1) is 7.93. The number of sulfonamides is 1. The number of halogens is 1. The molecule has 17 heavy (non-hydrogen) atoms.